The molecule has 11 heavy (non-hydrogen) atoms. The molecule has 0 spiro atoms. The summed E-state index contributed by atoms with van der Waals surface area (Å²) in [5.74, 6) is -2.84. The number of halogens is 2. The molecule has 1 fully saturated rings. The van der Waals surface area contributed by atoms with E-state index in [2.05, 4.69) is 5.32 Å². The maximum atomic E-state index is 12.5. The van der Waals surface area contributed by atoms with Crippen molar-refractivity contribution in [2.45, 2.75) is 18.8 Å². The lowest BCUT2D eigenvalue weighted by Gasteiger charge is -2.16. The summed E-state index contributed by atoms with van der Waals surface area (Å²) in [6.45, 7) is 0.464. The van der Waals surface area contributed by atoms with Crippen LogP contribution in [0.4, 0.5) is 8.78 Å². The van der Waals surface area contributed by atoms with E-state index in [4.69, 9.17) is 5.11 Å². The van der Waals surface area contributed by atoms with Gasteiger partial charge in [0.15, 0.2) is 0 Å². The third-order valence-corrected chi connectivity index (χ3v) is 1.98. The third kappa shape index (κ3) is 2.71. The van der Waals surface area contributed by atoms with Crippen molar-refractivity contribution in [2.75, 3.05) is 19.7 Å². The molecule has 0 aromatic carbocycles. The van der Waals surface area contributed by atoms with Gasteiger partial charge in [0, 0.05) is 6.42 Å². The van der Waals surface area contributed by atoms with Crippen molar-refractivity contribution < 1.29 is 13.9 Å². The van der Waals surface area contributed by atoms with Crippen LogP contribution in [0, 0.1) is 5.92 Å². The van der Waals surface area contributed by atoms with E-state index in [9.17, 15) is 8.78 Å². The minimum Gasteiger partial charge on any atom is -0.390 e. The van der Waals surface area contributed by atoms with Gasteiger partial charge in [-0.3, -0.25) is 0 Å². The molecule has 1 rings (SSSR count). The number of aliphatic hydroxyl groups is 1. The fourth-order valence-electron chi connectivity index (χ4n) is 1.38. The molecule has 2 N–H and O–H groups in total. The Morgan fingerprint density at radius 1 is 1.55 bits per heavy atom. The van der Waals surface area contributed by atoms with Crippen molar-refractivity contribution in [3.8, 4) is 0 Å². The number of hydrogen-bond acceptors (Lipinski definition) is 2. The van der Waals surface area contributed by atoms with Crippen LogP contribution in [0.5, 0.6) is 0 Å². The third-order valence-electron chi connectivity index (χ3n) is 1.98. The Bertz CT molecular complexity index is 124. The number of rotatable bonds is 3. The van der Waals surface area contributed by atoms with Crippen molar-refractivity contribution in [3.05, 3.63) is 0 Å². The van der Waals surface area contributed by atoms with Crippen LogP contribution in [0.15, 0.2) is 0 Å². The fourth-order valence-corrected chi connectivity index (χ4v) is 1.38. The van der Waals surface area contributed by atoms with Gasteiger partial charge in [-0.05, 0) is 25.4 Å². The molecule has 2 nitrogen and oxygen atoms in total. The van der Waals surface area contributed by atoms with Gasteiger partial charge in [-0.2, -0.15) is 0 Å². The van der Waals surface area contributed by atoms with E-state index >= 15 is 0 Å². The number of nitrogens with one attached hydrogen (secondary N) is 1. The molecular formula is C7H13F2NO. The SMILES string of the molecule is OCC(F)(F)CC1CCNC1. The Hall–Kier alpha value is -0.220. The highest BCUT2D eigenvalue weighted by Crippen LogP contribution is 2.25. The molecular weight excluding hydrogens is 152 g/mol. The van der Waals surface area contributed by atoms with Gasteiger partial charge in [-0.1, -0.05) is 0 Å². The predicted molar refractivity (Wildman–Crippen MR) is 37.6 cm³/mol. The first-order chi connectivity index (χ1) is 5.14. The first-order valence-electron chi connectivity index (χ1n) is 3.83. The predicted octanol–water partition coefficient (Wildman–Crippen LogP) is 0.614. The van der Waals surface area contributed by atoms with Gasteiger partial charge in [0.1, 0.15) is 6.61 Å². The molecule has 1 aliphatic rings. The minimum atomic E-state index is -2.88. The average molecular weight is 165 g/mol. The van der Waals surface area contributed by atoms with Crippen molar-refractivity contribution in [1.29, 1.82) is 0 Å². The second-order valence-electron chi connectivity index (χ2n) is 3.08. The van der Waals surface area contributed by atoms with Crippen LogP contribution >= 0.6 is 0 Å². The summed E-state index contributed by atoms with van der Waals surface area (Å²) in [6.07, 6.45) is 0.617. The van der Waals surface area contributed by atoms with Crippen molar-refractivity contribution in [3.63, 3.8) is 0 Å². The highest BCUT2D eigenvalue weighted by atomic mass is 19.3. The fraction of sp³-hybridized carbons (Fsp3) is 1.00. The Morgan fingerprint density at radius 3 is 2.73 bits per heavy atom. The zero-order chi connectivity index (χ0) is 8.32. The van der Waals surface area contributed by atoms with E-state index in [0.717, 1.165) is 13.0 Å². The molecule has 0 saturated carbocycles. The summed E-state index contributed by atoms with van der Waals surface area (Å²) in [4.78, 5) is 0. The first-order valence-corrected chi connectivity index (χ1v) is 3.83. The standard InChI is InChI=1S/C7H13F2NO/c8-7(9,5-11)3-6-1-2-10-4-6/h6,10-11H,1-5H2. The zero-order valence-corrected chi connectivity index (χ0v) is 6.32. The average Bonchev–Trinajstić information content (AvgIpc) is 2.39. The number of alkyl halides is 2. The van der Waals surface area contributed by atoms with E-state index in [1.165, 1.54) is 0 Å². The molecule has 0 aromatic rings. The van der Waals surface area contributed by atoms with Gasteiger partial charge in [0.2, 0.25) is 0 Å². The van der Waals surface area contributed by atoms with Crippen LogP contribution < -0.4 is 5.32 Å². The summed E-state index contributed by atoms with van der Waals surface area (Å²) < 4.78 is 25.1. The number of hydrogen-bond donors (Lipinski definition) is 2. The maximum Gasteiger partial charge on any atom is 0.271 e. The van der Waals surface area contributed by atoms with E-state index in [1.54, 1.807) is 0 Å². The monoisotopic (exact) mass is 165 g/mol. The van der Waals surface area contributed by atoms with Crippen LogP contribution in [0.25, 0.3) is 0 Å². The summed E-state index contributed by atoms with van der Waals surface area (Å²) in [6, 6.07) is 0. The van der Waals surface area contributed by atoms with Crippen molar-refractivity contribution in [2.24, 2.45) is 5.92 Å². The number of aliphatic hydroxyl groups excluding tert-OH is 1. The zero-order valence-electron chi connectivity index (χ0n) is 6.32. The smallest absolute Gasteiger partial charge is 0.271 e. The molecule has 1 aliphatic heterocycles. The molecule has 0 aliphatic carbocycles. The van der Waals surface area contributed by atoms with Gasteiger partial charge < -0.3 is 10.4 Å². The van der Waals surface area contributed by atoms with Crippen molar-refractivity contribution >= 4 is 0 Å². The van der Waals surface area contributed by atoms with Gasteiger partial charge in [0.05, 0.1) is 0 Å². The van der Waals surface area contributed by atoms with Gasteiger partial charge in [0.25, 0.3) is 5.92 Å². The van der Waals surface area contributed by atoms with Crippen LogP contribution in [0.1, 0.15) is 12.8 Å². The molecule has 1 heterocycles. The second kappa shape index (κ2) is 3.45. The first kappa shape index (κ1) is 8.87. The molecule has 1 saturated heterocycles. The molecule has 4 heteroatoms. The van der Waals surface area contributed by atoms with E-state index in [0.29, 0.717) is 6.54 Å². The Balaban J connectivity index is 2.28. The van der Waals surface area contributed by atoms with Gasteiger partial charge in [-0.25, -0.2) is 8.78 Å². The Labute approximate surface area is 64.6 Å². The summed E-state index contributed by atoms with van der Waals surface area (Å²) in [7, 11) is 0. The molecule has 1 atom stereocenters. The minimum absolute atomic E-state index is 0.0390. The molecule has 0 aromatic heterocycles. The summed E-state index contributed by atoms with van der Waals surface area (Å²) in [5, 5.41) is 11.3. The van der Waals surface area contributed by atoms with Crippen LogP contribution in [-0.4, -0.2) is 30.7 Å². The molecule has 66 valence electrons. The lowest BCUT2D eigenvalue weighted by atomic mass is 10.0. The lowest BCUT2D eigenvalue weighted by Crippen LogP contribution is -2.26. The van der Waals surface area contributed by atoms with Gasteiger partial charge >= 0.3 is 0 Å². The van der Waals surface area contributed by atoms with Crippen LogP contribution in [-0.2, 0) is 0 Å². The Morgan fingerprint density at radius 2 is 2.27 bits per heavy atom. The molecule has 0 bridgehead atoms. The van der Waals surface area contributed by atoms with Crippen molar-refractivity contribution in [1.82, 2.24) is 5.32 Å². The van der Waals surface area contributed by atoms with Crippen LogP contribution in [0.2, 0.25) is 0 Å². The quantitative estimate of drug-likeness (QED) is 0.642. The molecule has 1 unspecified atom stereocenters. The highest BCUT2D eigenvalue weighted by molar-refractivity contribution is 4.77. The van der Waals surface area contributed by atoms with Crippen LogP contribution in [0.3, 0.4) is 0 Å². The highest BCUT2D eigenvalue weighted by Gasteiger charge is 2.32. The molecule has 0 amide bonds. The lowest BCUT2D eigenvalue weighted by molar-refractivity contribution is -0.0660. The second-order valence-corrected chi connectivity index (χ2v) is 3.08. The maximum absolute atomic E-state index is 12.5. The summed E-state index contributed by atoms with van der Waals surface area (Å²) in [5.41, 5.74) is 0. The molecule has 0 radical (unpaired) electrons. The van der Waals surface area contributed by atoms with Gasteiger partial charge in [-0.15, -0.1) is 0 Å². The normalized spacial score (nSPS) is 25.9. The Kier molecular flexibility index (Phi) is 2.78. The summed E-state index contributed by atoms with van der Waals surface area (Å²) >= 11 is 0. The van der Waals surface area contributed by atoms with E-state index < -0.39 is 12.5 Å². The van der Waals surface area contributed by atoms with E-state index in [1.807, 2.05) is 0 Å². The largest absolute Gasteiger partial charge is 0.390 e. The van der Waals surface area contributed by atoms with E-state index in [-0.39, 0.29) is 12.3 Å². The topological polar surface area (TPSA) is 32.3 Å².